The molecule has 3 rings (SSSR count). The lowest BCUT2D eigenvalue weighted by Gasteiger charge is -2.09. The van der Waals surface area contributed by atoms with Crippen molar-refractivity contribution < 1.29 is 9.59 Å². The van der Waals surface area contributed by atoms with E-state index in [0.717, 1.165) is 18.2 Å². The molecule has 108 valence electrons. The second-order valence-corrected chi connectivity index (χ2v) is 5.25. The van der Waals surface area contributed by atoms with Gasteiger partial charge >= 0.3 is 0 Å². The molecule has 1 aliphatic rings. The molecular weight excluding hydrogens is 264 g/mol. The lowest BCUT2D eigenvalue weighted by atomic mass is 9.99. The average molecular weight is 282 g/mol. The van der Waals surface area contributed by atoms with Gasteiger partial charge in [0.05, 0.1) is 6.54 Å². The van der Waals surface area contributed by atoms with Crippen LogP contribution in [0.3, 0.4) is 0 Å². The highest BCUT2D eigenvalue weighted by molar-refractivity contribution is 6.09. The number of amides is 2. The van der Waals surface area contributed by atoms with Crippen LogP contribution in [0.2, 0.25) is 0 Å². The molecule has 0 saturated heterocycles. The van der Waals surface area contributed by atoms with Gasteiger partial charge in [-0.3, -0.25) is 9.59 Å². The summed E-state index contributed by atoms with van der Waals surface area (Å²) in [6.07, 6.45) is 2.08. The normalized spacial score (nSPS) is 12.4. The Balaban J connectivity index is 1.88. The maximum absolute atomic E-state index is 12.3. The van der Waals surface area contributed by atoms with Gasteiger partial charge in [0.2, 0.25) is 5.91 Å². The third-order valence-electron chi connectivity index (χ3n) is 3.90. The van der Waals surface area contributed by atoms with Gasteiger partial charge in [-0.15, -0.1) is 0 Å². The number of aryl methyl sites for hydroxylation is 2. The van der Waals surface area contributed by atoms with Crippen molar-refractivity contribution in [3.8, 4) is 0 Å². The lowest BCUT2D eigenvalue weighted by Crippen LogP contribution is -2.36. The van der Waals surface area contributed by atoms with Gasteiger partial charge in [-0.05, 0) is 47.7 Å². The second-order valence-electron chi connectivity index (χ2n) is 5.25. The largest absolute Gasteiger partial charge is 0.355 e. The van der Waals surface area contributed by atoms with Crippen molar-refractivity contribution >= 4 is 22.6 Å². The standard InChI is InChI=1S/C17H18N2O2/c1-2-18-15(20)10-19-17(21)14-9-8-12-7-6-11-4-3-5-13(14)16(11)12/h3-5,8-9H,2,6-7,10H2,1H3,(H,18,20)(H,19,21). The molecule has 1 aliphatic carbocycles. The van der Waals surface area contributed by atoms with Crippen LogP contribution in [-0.4, -0.2) is 24.9 Å². The molecule has 21 heavy (non-hydrogen) atoms. The minimum Gasteiger partial charge on any atom is -0.355 e. The molecule has 0 saturated carbocycles. The summed E-state index contributed by atoms with van der Waals surface area (Å²) >= 11 is 0. The summed E-state index contributed by atoms with van der Waals surface area (Å²) in [5, 5.41) is 7.54. The number of carbonyl (C=O) groups is 2. The molecule has 0 unspecified atom stereocenters. The Kier molecular flexibility index (Phi) is 3.60. The van der Waals surface area contributed by atoms with Crippen LogP contribution in [0.25, 0.3) is 10.8 Å². The molecule has 2 N–H and O–H groups in total. The van der Waals surface area contributed by atoms with Gasteiger partial charge in [0.25, 0.3) is 5.91 Å². The summed E-state index contributed by atoms with van der Waals surface area (Å²) in [4.78, 5) is 23.8. The first kappa shape index (κ1) is 13.6. The number of benzene rings is 2. The van der Waals surface area contributed by atoms with E-state index in [1.54, 1.807) is 0 Å². The number of carbonyl (C=O) groups excluding carboxylic acids is 2. The first-order chi connectivity index (χ1) is 10.2. The first-order valence-corrected chi connectivity index (χ1v) is 7.29. The van der Waals surface area contributed by atoms with Gasteiger partial charge in [-0.2, -0.15) is 0 Å². The zero-order chi connectivity index (χ0) is 14.8. The average Bonchev–Trinajstić information content (AvgIpc) is 2.91. The molecule has 4 nitrogen and oxygen atoms in total. The number of hydrogen-bond donors (Lipinski definition) is 2. The van der Waals surface area contributed by atoms with Crippen LogP contribution in [0.1, 0.15) is 28.4 Å². The molecule has 0 aliphatic heterocycles. The topological polar surface area (TPSA) is 58.2 Å². The number of nitrogens with one attached hydrogen (secondary N) is 2. The highest BCUT2D eigenvalue weighted by Crippen LogP contribution is 2.32. The van der Waals surface area contributed by atoms with Crippen molar-refractivity contribution in [2.24, 2.45) is 0 Å². The maximum atomic E-state index is 12.3. The van der Waals surface area contributed by atoms with Gasteiger partial charge in [-0.1, -0.05) is 24.3 Å². The molecular formula is C17H18N2O2. The van der Waals surface area contributed by atoms with E-state index in [1.807, 2.05) is 31.2 Å². The number of hydrogen-bond acceptors (Lipinski definition) is 2. The minimum atomic E-state index is -0.197. The quantitative estimate of drug-likeness (QED) is 0.898. The Labute approximate surface area is 123 Å². The Bertz CT molecular complexity index is 712. The van der Waals surface area contributed by atoms with Gasteiger partial charge in [0, 0.05) is 12.1 Å². The monoisotopic (exact) mass is 282 g/mol. The SMILES string of the molecule is CCNC(=O)CNC(=O)c1ccc2c3c(cccc13)CC2. The summed E-state index contributed by atoms with van der Waals surface area (Å²) in [6.45, 7) is 2.42. The van der Waals surface area contributed by atoms with E-state index in [4.69, 9.17) is 0 Å². The summed E-state index contributed by atoms with van der Waals surface area (Å²) < 4.78 is 0. The van der Waals surface area contributed by atoms with E-state index in [2.05, 4.69) is 16.7 Å². The van der Waals surface area contributed by atoms with Crippen LogP contribution in [0, 0.1) is 0 Å². The lowest BCUT2D eigenvalue weighted by molar-refractivity contribution is -0.120. The van der Waals surface area contributed by atoms with Crippen LogP contribution >= 0.6 is 0 Å². The van der Waals surface area contributed by atoms with E-state index in [9.17, 15) is 9.59 Å². The highest BCUT2D eigenvalue weighted by Gasteiger charge is 2.18. The molecule has 0 radical (unpaired) electrons. The van der Waals surface area contributed by atoms with Gasteiger partial charge in [0.15, 0.2) is 0 Å². The third-order valence-corrected chi connectivity index (χ3v) is 3.90. The molecule has 0 bridgehead atoms. The fraction of sp³-hybridized carbons (Fsp3) is 0.294. The predicted octanol–water partition coefficient (Wildman–Crippen LogP) is 1.80. The summed E-state index contributed by atoms with van der Waals surface area (Å²) in [5.41, 5.74) is 3.25. The Morgan fingerprint density at radius 1 is 1.05 bits per heavy atom. The number of likely N-dealkylation sites (N-methyl/N-ethyl adjacent to an activating group) is 1. The van der Waals surface area contributed by atoms with Gasteiger partial charge < -0.3 is 10.6 Å². The Morgan fingerprint density at radius 3 is 2.57 bits per heavy atom. The zero-order valence-electron chi connectivity index (χ0n) is 12.0. The van der Waals surface area contributed by atoms with Crippen molar-refractivity contribution in [2.45, 2.75) is 19.8 Å². The van der Waals surface area contributed by atoms with E-state index < -0.39 is 0 Å². The van der Waals surface area contributed by atoms with Gasteiger partial charge in [-0.25, -0.2) is 0 Å². The fourth-order valence-electron chi connectivity index (χ4n) is 2.96. The van der Waals surface area contributed by atoms with E-state index in [1.165, 1.54) is 16.5 Å². The molecule has 2 aromatic carbocycles. The van der Waals surface area contributed by atoms with Crippen molar-refractivity contribution in [1.82, 2.24) is 10.6 Å². The summed E-state index contributed by atoms with van der Waals surface area (Å²) in [7, 11) is 0. The molecule has 0 atom stereocenters. The van der Waals surface area contributed by atoms with E-state index in [0.29, 0.717) is 12.1 Å². The van der Waals surface area contributed by atoms with Crippen molar-refractivity contribution in [1.29, 1.82) is 0 Å². The van der Waals surface area contributed by atoms with Crippen LogP contribution in [0.4, 0.5) is 0 Å². The van der Waals surface area contributed by atoms with Crippen LogP contribution < -0.4 is 10.6 Å². The van der Waals surface area contributed by atoms with Crippen LogP contribution in [0.15, 0.2) is 30.3 Å². The van der Waals surface area contributed by atoms with E-state index in [-0.39, 0.29) is 18.4 Å². The van der Waals surface area contributed by atoms with Crippen LogP contribution in [0.5, 0.6) is 0 Å². The van der Waals surface area contributed by atoms with Crippen molar-refractivity contribution in [2.75, 3.05) is 13.1 Å². The predicted molar refractivity (Wildman–Crippen MR) is 82.4 cm³/mol. The van der Waals surface area contributed by atoms with Crippen LogP contribution in [-0.2, 0) is 17.6 Å². The minimum absolute atomic E-state index is 0.00953. The third kappa shape index (κ3) is 2.49. The number of rotatable bonds is 4. The van der Waals surface area contributed by atoms with E-state index >= 15 is 0 Å². The molecule has 0 aromatic heterocycles. The Hall–Kier alpha value is -2.36. The highest BCUT2D eigenvalue weighted by atomic mass is 16.2. The molecule has 4 heteroatoms. The fourth-order valence-corrected chi connectivity index (χ4v) is 2.96. The molecule has 0 fully saturated rings. The van der Waals surface area contributed by atoms with Crippen molar-refractivity contribution in [3.63, 3.8) is 0 Å². The molecule has 0 spiro atoms. The zero-order valence-corrected chi connectivity index (χ0v) is 12.0. The maximum Gasteiger partial charge on any atom is 0.252 e. The smallest absolute Gasteiger partial charge is 0.252 e. The summed E-state index contributed by atoms with van der Waals surface area (Å²) in [5.74, 6) is -0.367. The summed E-state index contributed by atoms with van der Waals surface area (Å²) in [6, 6.07) is 9.98. The second kappa shape index (κ2) is 5.56. The Morgan fingerprint density at radius 2 is 1.81 bits per heavy atom. The first-order valence-electron chi connectivity index (χ1n) is 7.29. The molecule has 0 heterocycles. The molecule has 2 amide bonds. The molecule has 2 aromatic rings. The van der Waals surface area contributed by atoms with Gasteiger partial charge in [0.1, 0.15) is 0 Å². The van der Waals surface area contributed by atoms with Crippen molar-refractivity contribution in [3.05, 3.63) is 47.0 Å².